The molecular formula is C22H19N3O2. The summed E-state index contributed by atoms with van der Waals surface area (Å²) in [5, 5.41) is 3.51. The molecule has 0 unspecified atom stereocenters. The number of hydroxylamine groups is 1. The van der Waals surface area contributed by atoms with Crippen LogP contribution in [0.25, 0.3) is 33.8 Å². The molecule has 0 radical (unpaired) electrons. The van der Waals surface area contributed by atoms with Gasteiger partial charge in [-0.3, -0.25) is 9.82 Å². The molecule has 4 aromatic rings. The summed E-state index contributed by atoms with van der Waals surface area (Å²) < 4.78 is 5.20. The number of nitrogens with one attached hydrogen (secondary N) is 2. The van der Waals surface area contributed by atoms with Gasteiger partial charge in [-0.15, -0.1) is 0 Å². The number of rotatable bonds is 3. The second-order valence-electron chi connectivity index (χ2n) is 6.62. The minimum atomic E-state index is 0.580. The first-order valence-electron chi connectivity index (χ1n) is 8.91. The molecule has 134 valence electrons. The predicted molar refractivity (Wildman–Crippen MR) is 107 cm³/mol. The van der Waals surface area contributed by atoms with Crippen molar-refractivity contribution >= 4 is 33.8 Å². The molecule has 2 aromatic carbocycles. The van der Waals surface area contributed by atoms with Gasteiger partial charge in [0.25, 0.3) is 0 Å². The van der Waals surface area contributed by atoms with E-state index in [9.17, 15) is 0 Å². The van der Waals surface area contributed by atoms with Crippen LogP contribution < -0.4 is 10.2 Å². The zero-order valence-corrected chi connectivity index (χ0v) is 15.0. The lowest BCUT2D eigenvalue weighted by molar-refractivity contribution is 0.0109. The van der Waals surface area contributed by atoms with E-state index in [4.69, 9.17) is 9.57 Å². The van der Waals surface area contributed by atoms with E-state index < -0.39 is 0 Å². The van der Waals surface area contributed by atoms with Crippen LogP contribution in [0.4, 0.5) is 0 Å². The number of fused-ring (bicyclic) bond motifs is 5. The Hall–Kier alpha value is -3.15. The van der Waals surface area contributed by atoms with E-state index in [0.29, 0.717) is 13.2 Å². The van der Waals surface area contributed by atoms with Crippen molar-refractivity contribution in [1.29, 1.82) is 0 Å². The highest BCUT2D eigenvalue weighted by atomic mass is 16.6. The van der Waals surface area contributed by atoms with Gasteiger partial charge in [-0.25, -0.2) is 0 Å². The molecule has 2 N–H and O–H groups in total. The van der Waals surface area contributed by atoms with Gasteiger partial charge < -0.3 is 9.72 Å². The largest absolute Gasteiger partial charge is 0.497 e. The summed E-state index contributed by atoms with van der Waals surface area (Å²) in [6.45, 7) is 1.27. The summed E-state index contributed by atoms with van der Waals surface area (Å²) in [5.41, 5.74) is 8.54. The van der Waals surface area contributed by atoms with Crippen molar-refractivity contribution in [2.75, 3.05) is 7.11 Å². The van der Waals surface area contributed by atoms with Crippen LogP contribution in [-0.2, 0) is 18.0 Å². The number of methoxy groups -OCH3 is 1. The number of pyridine rings is 1. The number of aromatic nitrogens is 2. The lowest BCUT2D eigenvalue weighted by Crippen LogP contribution is -2.20. The molecule has 5 rings (SSSR count). The van der Waals surface area contributed by atoms with Crippen molar-refractivity contribution in [2.45, 2.75) is 13.2 Å². The van der Waals surface area contributed by atoms with E-state index in [0.717, 1.165) is 27.9 Å². The number of benzene rings is 2. The van der Waals surface area contributed by atoms with Gasteiger partial charge in [-0.2, -0.15) is 5.48 Å². The third-order valence-corrected chi connectivity index (χ3v) is 5.02. The molecular weight excluding hydrogens is 338 g/mol. The second kappa shape index (κ2) is 6.54. The highest BCUT2D eigenvalue weighted by Gasteiger charge is 2.17. The molecule has 5 heteroatoms. The monoisotopic (exact) mass is 357 g/mol. The Morgan fingerprint density at radius 1 is 1.07 bits per heavy atom. The third-order valence-electron chi connectivity index (χ3n) is 5.02. The summed E-state index contributed by atoms with van der Waals surface area (Å²) in [5.74, 6) is 0.854. The van der Waals surface area contributed by atoms with Gasteiger partial charge in [-0.05, 0) is 29.8 Å². The number of aromatic amines is 1. The highest BCUT2D eigenvalue weighted by molar-refractivity contribution is 6.07. The average molecular weight is 357 g/mol. The van der Waals surface area contributed by atoms with Crippen LogP contribution in [0, 0.1) is 0 Å². The number of hydrogen-bond donors (Lipinski definition) is 2. The molecule has 0 saturated heterocycles. The molecule has 0 saturated carbocycles. The highest BCUT2D eigenvalue weighted by Crippen LogP contribution is 2.31. The lowest BCUT2D eigenvalue weighted by atomic mass is 10.1. The molecule has 1 aliphatic heterocycles. The summed E-state index contributed by atoms with van der Waals surface area (Å²) >= 11 is 0. The average Bonchev–Trinajstić information content (AvgIpc) is 3.12. The lowest BCUT2D eigenvalue weighted by Gasteiger charge is -2.12. The van der Waals surface area contributed by atoms with E-state index in [1.165, 1.54) is 22.0 Å². The maximum atomic E-state index is 5.40. The van der Waals surface area contributed by atoms with Crippen molar-refractivity contribution in [3.05, 3.63) is 71.2 Å². The Kier molecular flexibility index (Phi) is 3.89. The minimum Gasteiger partial charge on any atom is -0.497 e. The van der Waals surface area contributed by atoms with Crippen LogP contribution in [0.1, 0.15) is 22.5 Å². The van der Waals surface area contributed by atoms with Crippen LogP contribution in [0.15, 0.2) is 48.7 Å². The van der Waals surface area contributed by atoms with Gasteiger partial charge in [0.1, 0.15) is 5.75 Å². The molecule has 3 heterocycles. The van der Waals surface area contributed by atoms with E-state index in [2.05, 4.69) is 39.7 Å². The Labute approximate surface area is 156 Å². The fourth-order valence-corrected chi connectivity index (χ4v) is 3.56. The fourth-order valence-electron chi connectivity index (χ4n) is 3.56. The third kappa shape index (κ3) is 2.87. The molecule has 0 aliphatic carbocycles. The molecule has 27 heavy (non-hydrogen) atoms. The van der Waals surface area contributed by atoms with Crippen LogP contribution in [0.5, 0.6) is 5.75 Å². The van der Waals surface area contributed by atoms with Gasteiger partial charge in [0.05, 0.1) is 31.5 Å². The topological polar surface area (TPSA) is 59.2 Å². The first-order valence-corrected chi connectivity index (χ1v) is 8.91. The van der Waals surface area contributed by atoms with Crippen molar-refractivity contribution in [3.8, 4) is 5.75 Å². The number of ether oxygens (including phenoxy) is 1. The smallest absolute Gasteiger partial charge is 0.118 e. The van der Waals surface area contributed by atoms with Gasteiger partial charge in [-0.1, -0.05) is 30.3 Å². The standard InChI is InChI=1S/C22H19N3O2/c1-26-17-7-3-14(4-8-17)2-6-16-10-19-15(11-23-16)5-9-18-20-13-27-24-12-21(20)25-22(18)19/h2-11,24-25H,12-13H2,1H3/b6-2+. The van der Waals surface area contributed by atoms with E-state index >= 15 is 0 Å². The first kappa shape index (κ1) is 16.1. The number of nitrogens with zero attached hydrogens (tertiary/aromatic N) is 1. The molecule has 0 atom stereocenters. The Balaban J connectivity index is 1.56. The normalized spacial score (nSPS) is 14.1. The Morgan fingerprint density at radius 2 is 1.96 bits per heavy atom. The van der Waals surface area contributed by atoms with Crippen molar-refractivity contribution in [2.24, 2.45) is 0 Å². The van der Waals surface area contributed by atoms with E-state index in [1.54, 1.807) is 7.11 Å². The summed E-state index contributed by atoms with van der Waals surface area (Å²) in [6, 6.07) is 14.4. The zero-order valence-electron chi connectivity index (χ0n) is 15.0. The number of hydrogen-bond acceptors (Lipinski definition) is 4. The predicted octanol–water partition coefficient (Wildman–Crippen LogP) is 4.43. The summed E-state index contributed by atoms with van der Waals surface area (Å²) in [6.07, 6.45) is 6.02. The maximum Gasteiger partial charge on any atom is 0.118 e. The molecule has 0 bridgehead atoms. The fraction of sp³-hybridized carbons (Fsp3) is 0.136. The van der Waals surface area contributed by atoms with Crippen molar-refractivity contribution < 1.29 is 9.57 Å². The first-order chi connectivity index (χ1) is 13.3. The second-order valence-corrected chi connectivity index (χ2v) is 6.62. The minimum absolute atomic E-state index is 0.580. The van der Waals surface area contributed by atoms with Gasteiger partial charge in [0, 0.05) is 33.6 Å². The maximum absolute atomic E-state index is 5.40. The zero-order chi connectivity index (χ0) is 18.2. The van der Waals surface area contributed by atoms with Crippen molar-refractivity contribution in [3.63, 3.8) is 0 Å². The number of H-pyrrole nitrogens is 1. The van der Waals surface area contributed by atoms with Crippen molar-refractivity contribution in [1.82, 2.24) is 15.4 Å². The Bertz CT molecular complexity index is 1160. The summed E-state index contributed by atoms with van der Waals surface area (Å²) in [7, 11) is 1.67. The molecule has 0 spiro atoms. The van der Waals surface area contributed by atoms with Crippen LogP contribution in [0.2, 0.25) is 0 Å². The quantitative estimate of drug-likeness (QED) is 0.569. The van der Waals surface area contributed by atoms with Crippen LogP contribution in [-0.4, -0.2) is 17.1 Å². The van der Waals surface area contributed by atoms with Crippen LogP contribution in [0.3, 0.4) is 0 Å². The molecule has 0 fully saturated rings. The molecule has 1 aliphatic rings. The van der Waals surface area contributed by atoms with E-state index in [1.807, 2.05) is 36.5 Å². The molecule has 5 nitrogen and oxygen atoms in total. The van der Waals surface area contributed by atoms with E-state index in [-0.39, 0.29) is 0 Å². The summed E-state index contributed by atoms with van der Waals surface area (Å²) in [4.78, 5) is 13.5. The SMILES string of the molecule is COc1ccc(/C=C/c2cc3c(ccc4c5c([nH]c43)CNOC5)cn2)cc1. The Morgan fingerprint density at radius 3 is 2.81 bits per heavy atom. The van der Waals surface area contributed by atoms with Gasteiger partial charge >= 0.3 is 0 Å². The molecule has 2 aromatic heterocycles. The molecule has 0 amide bonds. The van der Waals surface area contributed by atoms with Gasteiger partial charge in [0.15, 0.2) is 0 Å². The van der Waals surface area contributed by atoms with Crippen LogP contribution >= 0.6 is 0 Å². The van der Waals surface area contributed by atoms with Gasteiger partial charge in [0.2, 0.25) is 0 Å².